The van der Waals surface area contributed by atoms with Crippen LogP contribution in [-0.2, 0) is 18.4 Å². The van der Waals surface area contributed by atoms with Crippen LogP contribution in [0, 0.1) is 0 Å². The monoisotopic (exact) mass is 383 g/mol. The van der Waals surface area contributed by atoms with Crippen LogP contribution in [-0.4, -0.2) is 65.8 Å². The highest BCUT2D eigenvalue weighted by Crippen LogP contribution is 2.15. The number of amides is 1. The van der Waals surface area contributed by atoms with Crippen LogP contribution in [0.3, 0.4) is 0 Å². The first-order valence-electron chi connectivity index (χ1n) is 9.74. The summed E-state index contributed by atoms with van der Waals surface area (Å²) in [6.45, 7) is 6.66. The summed E-state index contributed by atoms with van der Waals surface area (Å²) in [6, 6.07) is 12.3. The number of aromatic nitrogens is 2. The Bertz CT molecular complexity index is 779. The highest BCUT2D eigenvalue weighted by Gasteiger charge is 2.21. The first-order chi connectivity index (χ1) is 13.7. The molecule has 1 amide bonds. The summed E-state index contributed by atoms with van der Waals surface area (Å²) in [7, 11) is 1.89. The number of para-hydroxylation sites is 1. The van der Waals surface area contributed by atoms with Gasteiger partial charge in [0.15, 0.2) is 5.96 Å². The topological polar surface area (TPSA) is 77.8 Å². The highest BCUT2D eigenvalue weighted by molar-refractivity contribution is 5.86. The summed E-state index contributed by atoms with van der Waals surface area (Å²) in [6.07, 6.45) is 1.75. The van der Waals surface area contributed by atoms with Crippen LogP contribution in [0.15, 0.2) is 47.6 Å². The maximum absolute atomic E-state index is 12.6. The van der Waals surface area contributed by atoms with Gasteiger partial charge in [-0.25, -0.2) is 4.99 Å². The van der Waals surface area contributed by atoms with E-state index < -0.39 is 0 Å². The van der Waals surface area contributed by atoms with Gasteiger partial charge in [-0.2, -0.15) is 5.10 Å². The van der Waals surface area contributed by atoms with E-state index in [9.17, 15) is 4.79 Å². The van der Waals surface area contributed by atoms with E-state index in [-0.39, 0.29) is 12.5 Å². The summed E-state index contributed by atoms with van der Waals surface area (Å²) < 4.78 is 1.80. The molecule has 2 aromatic rings. The highest BCUT2D eigenvalue weighted by atomic mass is 16.2. The molecule has 0 bridgehead atoms. The molecule has 2 N–H and O–H groups in total. The molecule has 1 aliphatic heterocycles. The molecule has 150 valence electrons. The van der Waals surface area contributed by atoms with Gasteiger partial charge in [0.1, 0.15) is 0 Å². The molecule has 1 aliphatic rings. The number of guanidine groups is 1. The molecule has 2 heterocycles. The van der Waals surface area contributed by atoms with Gasteiger partial charge in [0.2, 0.25) is 5.91 Å². The van der Waals surface area contributed by atoms with Crippen molar-refractivity contribution in [3.8, 4) is 0 Å². The third-order valence-electron chi connectivity index (χ3n) is 4.83. The van der Waals surface area contributed by atoms with Gasteiger partial charge in [0, 0.05) is 51.7 Å². The molecule has 8 nitrogen and oxygen atoms in total. The van der Waals surface area contributed by atoms with Gasteiger partial charge in [0.25, 0.3) is 0 Å². The Morgan fingerprint density at radius 3 is 2.50 bits per heavy atom. The largest absolute Gasteiger partial charge is 0.368 e. The molecule has 1 saturated heterocycles. The van der Waals surface area contributed by atoms with Crippen LogP contribution in [0.2, 0.25) is 0 Å². The zero-order valence-electron chi connectivity index (χ0n) is 16.6. The Morgan fingerprint density at radius 2 is 1.86 bits per heavy atom. The van der Waals surface area contributed by atoms with Gasteiger partial charge in [-0.05, 0) is 25.1 Å². The molecule has 0 radical (unpaired) electrons. The molecule has 0 unspecified atom stereocenters. The number of carbonyl (C=O) groups excluding carboxylic acids is 1. The minimum atomic E-state index is 0.0962. The van der Waals surface area contributed by atoms with Crippen LogP contribution in [0.4, 0.5) is 5.69 Å². The molecule has 1 aromatic carbocycles. The molecule has 1 aromatic heterocycles. The van der Waals surface area contributed by atoms with Crippen molar-refractivity contribution in [2.24, 2.45) is 12.0 Å². The Morgan fingerprint density at radius 1 is 1.11 bits per heavy atom. The molecule has 8 heteroatoms. The van der Waals surface area contributed by atoms with Gasteiger partial charge in [-0.3, -0.25) is 9.48 Å². The Hall–Kier alpha value is -3.03. The van der Waals surface area contributed by atoms with Crippen molar-refractivity contribution in [3.05, 3.63) is 48.3 Å². The molecular weight excluding hydrogens is 354 g/mol. The molecule has 0 atom stereocenters. The summed E-state index contributed by atoms with van der Waals surface area (Å²) in [5.41, 5.74) is 2.23. The number of carbonyl (C=O) groups is 1. The second kappa shape index (κ2) is 9.77. The van der Waals surface area contributed by atoms with Gasteiger partial charge >= 0.3 is 0 Å². The Labute approximate surface area is 166 Å². The molecular formula is C20H29N7O. The average molecular weight is 384 g/mol. The number of nitrogens with one attached hydrogen (secondary N) is 2. The predicted molar refractivity (Wildman–Crippen MR) is 111 cm³/mol. The standard InChI is InChI=1S/C20H29N7O/c1-3-21-20(22-15-18-9-10-24-25(18)2)23-16-19(28)27-13-11-26(12-14-27)17-7-5-4-6-8-17/h4-10H,3,11-16H2,1-2H3,(H2,21,22,23). The summed E-state index contributed by atoms with van der Waals surface area (Å²) in [5.74, 6) is 0.735. The first-order valence-corrected chi connectivity index (χ1v) is 9.74. The molecule has 0 spiro atoms. The summed E-state index contributed by atoms with van der Waals surface area (Å²) in [5, 5.41) is 10.5. The van der Waals surface area contributed by atoms with Crippen LogP contribution in [0.1, 0.15) is 12.6 Å². The van der Waals surface area contributed by atoms with Crippen molar-refractivity contribution in [2.75, 3.05) is 44.2 Å². The fourth-order valence-electron chi connectivity index (χ4n) is 3.18. The first kappa shape index (κ1) is 19.7. The Balaban J connectivity index is 1.47. The SMILES string of the molecule is CCNC(=NCc1ccnn1C)NCC(=O)N1CCN(c2ccccc2)CC1. The van der Waals surface area contributed by atoms with Crippen molar-refractivity contribution >= 4 is 17.6 Å². The van der Waals surface area contributed by atoms with E-state index >= 15 is 0 Å². The number of hydrogen-bond acceptors (Lipinski definition) is 4. The van der Waals surface area contributed by atoms with E-state index in [0.29, 0.717) is 12.5 Å². The summed E-state index contributed by atoms with van der Waals surface area (Å²) >= 11 is 0. The van der Waals surface area contributed by atoms with Gasteiger partial charge < -0.3 is 20.4 Å². The van der Waals surface area contributed by atoms with Gasteiger partial charge in [0.05, 0.1) is 18.8 Å². The lowest BCUT2D eigenvalue weighted by molar-refractivity contribution is -0.130. The lowest BCUT2D eigenvalue weighted by Crippen LogP contribution is -2.52. The second-order valence-electron chi connectivity index (χ2n) is 6.70. The second-order valence-corrected chi connectivity index (χ2v) is 6.70. The normalized spacial score (nSPS) is 14.9. The number of benzene rings is 1. The van der Waals surface area contributed by atoms with Crippen LogP contribution in [0.5, 0.6) is 0 Å². The molecule has 0 aliphatic carbocycles. The number of piperazine rings is 1. The number of nitrogens with zero attached hydrogens (tertiary/aromatic N) is 5. The van der Waals surface area contributed by atoms with Crippen LogP contribution < -0.4 is 15.5 Å². The van der Waals surface area contributed by atoms with E-state index in [1.54, 1.807) is 10.9 Å². The van der Waals surface area contributed by atoms with E-state index in [2.05, 4.69) is 37.8 Å². The van der Waals surface area contributed by atoms with Crippen LogP contribution >= 0.6 is 0 Å². The zero-order valence-corrected chi connectivity index (χ0v) is 16.6. The maximum atomic E-state index is 12.6. The van der Waals surface area contributed by atoms with Gasteiger partial charge in [-0.15, -0.1) is 0 Å². The number of aryl methyl sites for hydroxylation is 1. The van der Waals surface area contributed by atoms with Crippen molar-refractivity contribution in [2.45, 2.75) is 13.5 Å². The number of hydrogen-bond donors (Lipinski definition) is 2. The quantitative estimate of drug-likeness (QED) is 0.571. The van der Waals surface area contributed by atoms with Crippen molar-refractivity contribution < 1.29 is 4.79 Å². The lowest BCUT2D eigenvalue weighted by atomic mass is 10.2. The van der Waals surface area contributed by atoms with Crippen molar-refractivity contribution in [1.29, 1.82) is 0 Å². The fourth-order valence-corrected chi connectivity index (χ4v) is 3.18. The number of rotatable bonds is 6. The number of aliphatic imine (C=N–C) groups is 1. The molecule has 3 rings (SSSR count). The van der Waals surface area contributed by atoms with Crippen molar-refractivity contribution in [1.82, 2.24) is 25.3 Å². The minimum Gasteiger partial charge on any atom is -0.368 e. The minimum absolute atomic E-state index is 0.0962. The number of anilines is 1. The van der Waals surface area contributed by atoms with Crippen molar-refractivity contribution in [3.63, 3.8) is 0 Å². The molecule has 28 heavy (non-hydrogen) atoms. The zero-order chi connectivity index (χ0) is 19.8. The predicted octanol–water partition coefficient (Wildman–Crippen LogP) is 0.824. The lowest BCUT2D eigenvalue weighted by Gasteiger charge is -2.36. The smallest absolute Gasteiger partial charge is 0.242 e. The van der Waals surface area contributed by atoms with E-state index in [0.717, 1.165) is 38.4 Å². The third-order valence-corrected chi connectivity index (χ3v) is 4.83. The van der Waals surface area contributed by atoms with Crippen LogP contribution in [0.25, 0.3) is 0 Å². The third kappa shape index (κ3) is 5.25. The summed E-state index contributed by atoms with van der Waals surface area (Å²) in [4.78, 5) is 21.4. The van der Waals surface area contributed by atoms with E-state index in [1.165, 1.54) is 5.69 Å². The average Bonchev–Trinajstić information content (AvgIpc) is 3.15. The maximum Gasteiger partial charge on any atom is 0.242 e. The fraction of sp³-hybridized carbons (Fsp3) is 0.450. The molecule has 1 fully saturated rings. The molecule has 0 saturated carbocycles. The van der Waals surface area contributed by atoms with E-state index in [1.807, 2.05) is 43.1 Å². The van der Waals surface area contributed by atoms with E-state index in [4.69, 9.17) is 0 Å². The Kier molecular flexibility index (Phi) is 6.89. The van der Waals surface area contributed by atoms with Gasteiger partial charge in [-0.1, -0.05) is 18.2 Å².